The molecule has 1 aliphatic carbocycles. The van der Waals surface area contributed by atoms with Gasteiger partial charge in [0.2, 0.25) is 5.89 Å². The van der Waals surface area contributed by atoms with E-state index in [1.54, 1.807) is 12.1 Å². The fraction of sp³-hybridized carbons (Fsp3) is 0.308. The Morgan fingerprint density at radius 3 is 2.73 bits per heavy atom. The van der Waals surface area contributed by atoms with Crippen molar-refractivity contribution in [3.63, 3.8) is 0 Å². The first-order valence-corrected chi connectivity index (χ1v) is 11.8. The molecule has 2 aliphatic rings. The topological polar surface area (TPSA) is 66.6 Å². The normalized spacial score (nSPS) is 23.8. The largest absolute Gasteiger partial charge is 0.437 e. The molecule has 5 rings (SSSR count). The number of benzene rings is 2. The molecule has 1 fully saturated rings. The average Bonchev–Trinajstić information content (AvgIpc) is 3.26. The molecule has 0 radical (unpaired) electrons. The summed E-state index contributed by atoms with van der Waals surface area (Å²) in [6.07, 6.45) is 6.96. The number of rotatable bonds is 4. The molecule has 0 bridgehead atoms. The van der Waals surface area contributed by atoms with Crippen LogP contribution in [0.3, 0.4) is 0 Å². The van der Waals surface area contributed by atoms with Gasteiger partial charge in [0.1, 0.15) is 16.8 Å². The molecule has 1 N–H and O–H groups in total. The maximum absolute atomic E-state index is 12.0. The highest BCUT2D eigenvalue weighted by molar-refractivity contribution is 6.34. The summed E-state index contributed by atoms with van der Waals surface area (Å²) in [7, 11) is 0. The monoisotopic (exact) mass is 482 g/mol. The van der Waals surface area contributed by atoms with E-state index < -0.39 is 10.9 Å². The molecule has 1 aromatic heterocycles. The number of nitrogens with zero attached hydrogens (tertiary/aromatic N) is 2. The summed E-state index contributed by atoms with van der Waals surface area (Å²) in [5.41, 5.74) is 3.96. The van der Waals surface area contributed by atoms with Crippen LogP contribution in [0.15, 0.2) is 59.0 Å². The van der Waals surface area contributed by atoms with E-state index in [1.807, 2.05) is 30.4 Å². The number of piperidine rings is 1. The lowest BCUT2D eigenvalue weighted by Crippen LogP contribution is -2.55. The smallest absolute Gasteiger partial charge is 0.222 e. The Morgan fingerprint density at radius 1 is 1.24 bits per heavy atom. The van der Waals surface area contributed by atoms with Crippen molar-refractivity contribution in [2.75, 3.05) is 13.1 Å². The van der Waals surface area contributed by atoms with Gasteiger partial charge in [-0.1, -0.05) is 54.1 Å². The molecular formula is C26H24Cl2N2O3. The third-order valence-corrected chi connectivity index (χ3v) is 7.46. The van der Waals surface area contributed by atoms with E-state index in [1.165, 1.54) is 0 Å². The van der Waals surface area contributed by atoms with Crippen molar-refractivity contribution < 1.29 is 14.3 Å². The predicted molar refractivity (Wildman–Crippen MR) is 130 cm³/mol. The van der Waals surface area contributed by atoms with Crippen LogP contribution in [0.25, 0.3) is 16.7 Å². The SMILES string of the molecule is Cc1ccccc1C1=CC=CC(c2nc3cc(CO)cc(Cl)c3o2)(N2CCC(=O)CC2)C1Cl. The van der Waals surface area contributed by atoms with Crippen LogP contribution in [-0.4, -0.2) is 39.2 Å². The number of carbonyl (C=O) groups excluding carboxylic acids is 1. The fourth-order valence-corrected chi connectivity index (χ4v) is 5.61. The minimum Gasteiger partial charge on any atom is -0.437 e. The number of carbonyl (C=O) groups is 1. The minimum atomic E-state index is -0.893. The van der Waals surface area contributed by atoms with Gasteiger partial charge < -0.3 is 9.52 Å². The zero-order valence-corrected chi connectivity index (χ0v) is 19.7. The van der Waals surface area contributed by atoms with Crippen molar-refractivity contribution in [3.05, 3.63) is 82.2 Å². The lowest BCUT2D eigenvalue weighted by atomic mass is 9.79. The van der Waals surface area contributed by atoms with Gasteiger partial charge in [0.05, 0.1) is 17.0 Å². The van der Waals surface area contributed by atoms with Gasteiger partial charge in [0.25, 0.3) is 0 Å². The lowest BCUT2D eigenvalue weighted by Gasteiger charge is -2.46. The van der Waals surface area contributed by atoms with Crippen LogP contribution in [0.4, 0.5) is 0 Å². The third kappa shape index (κ3) is 3.73. The Balaban J connectivity index is 1.69. The molecule has 1 saturated heterocycles. The summed E-state index contributed by atoms with van der Waals surface area (Å²) in [5.74, 6) is 0.675. The van der Waals surface area contributed by atoms with Crippen LogP contribution < -0.4 is 0 Å². The van der Waals surface area contributed by atoms with Gasteiger partial charge in [-0.15, -0.1) is 11.6 Å². The fourth-order valence-electron chi connectivity index (χ4n) is 4.84. The van der Waals surface area contributed by atoms with Crippen molar-refractivity contribution in [2.45, 2.75) is 37.3 Å². The average molecular weight is 483 g/mol. The number of hydrogen-bond acceptors (Lipinski definition) is 5. The second-order valence-electron chi connectivity index (χ2n) is 8.61. The summed E-state index contributed by atoms with van der Waals surface area (Å²) in [6.45, 7) is 3.04. The van der Waals surface area contributed by atoms with Crippen LogP contribution in [-0.2, 0) is 16.9 Å². The van der Waals surface area contributed by atoms with Gasteiger partial charge in [0.15, 0.2) is 5.58 Å². The number of ketones is 1. The highest BCUT2D eigenvalue weighted by atomic mass is 35.5. The van der Waals surface area contributed by atoms with Crippen LogP contribution in [0, 0.1) is 6.92 Å². The number of aliphatic hydroxyl groups is 1. The molecule has 0 saturated carbocycles. The van der Waals surface area contributed by atoms with Gasteiger partial charge in [0, 0.05) is 25.9 Å². The molecule has 33 heavy (non-hydrogen) atoms. The molecule has 170 valence electrons. The van der Waals surface area contributed by atoms with E-state index in [4.69, 9.17) is 32.6 Å². The number of allylic oxidation sites excluding steroid dienone is 2. The minimum absolute atomic E-state index is 0.143. The summed E-state index contributed by atoms with van der Waals surface area (Å²) < 4.78 is 6.29. The molecule has 2 aromatic carbocycles. The Bertz CT molecular complexity index is 1290. The molecular weight excluding hydrogens is 459 g/mol. The highest BCUT2D eigenvalue weighted by Crippen LogP contribution is 2.47. The van der Waals surface area contributed by atoms with E-state index in [0.29, 0.717) is 53.5 Å². The second kappa shape index (κ2) is 8.73. The Morgan fingerprint density at radius 2 is 2.00 bits per heavy atom. The molecule has 5 nitrogen and oxygen atoms in total. The number of alkyl halides is 1. The first kappa shape index (κ1) is 22.4. The van der Waals surface area contributed by atoms with E-state index >= 15 is 0 Å². The van der Waals surface area contributed by atoms with Gasteiger partial charge >= 0.3 is 0 Å². The molecule has 2 heterocycles. The first-order chi connectivity index (χ1) is 15.9. The van der Waals surface area contributed by atoms with E-state index in [9.17, 15) is 9.90 Å². The number of aryl methyl sites for hydroxylation is 1. The number of halogens is 2. The predicted octanol–water partition coefficient (Wildman–Crippen LogP) is 5.40. The lowest BCUT2D eigenvalue weighted by molar-refractivity contribution is -0.122. The van der Waals surface area contributed by atoms with Crippen molar-refractivity contribution in [1.82, 2.24) is 9.88 Å². The maximum atomic E-state index is 12.0. The Labute approximate surface area is 202 Å². The van der Waals surface area contributed by atoms with Crippen LogP contribution in [0.2, 0.25) is 5.02 Å². The molecule has 2 atom stereocenters. The van der Waals surface area contributed by atoms with Crippen LogP contribution in [0.5, 0.6) is 0 Å². The summed E-state index contributed by atoms with van der Waals surface area (Å²) in [4.78, 5) is 19.0. The van der Waals surface area contributed by atoms with E-state index in [-0.39, 0.29) is 12.4 Å². The number of oxazole rings is 1. The molecule has 0 amide bonds. The Kier molecular flexibility index (Phi) is 5.91. The highest BCUT2D eigenvalue weighted by Gasteiger charge is 2.50. The first-order valence-electron chi connectivity index (χ1n) is 11.0. The van der Waals surface area contributed by atoms with Crippen LogP contribution in [0.1, 0.15) is 35.4 Å². The second-order valence-corrected chi connectivity index (χ2v) is 9.46. The van der Waals surface area contributed by atoms with Crippen molar-refractivity contribution >= 4 is 45.7 Å². The van der Waals surface area contributed by atoms with Crippen LogP contribution >= 0.6 is 23.2 Å². The number of likely N-dealkylation sites (tertiary alicyclic amines) is 1. The standard InChI is InChI=1S/C26H24Cl2N2O3/c1-16-5-2-3-6-19(16)20-7-4-10-26(24(20)28,30-11-8-18(32)9-12-30)25-29-22-14-17(15-31)13-21(27)23(22)33-25/h2-7,10,13-14,24,31H,8-9,11-12,15H2,1H3. The molecule has 2 unspecified atom stereocenters. The Hall–Kier alpha value is -2.44. The zero-order chi connectivity index (χ0) is 23.2. The zero-order valence-electron chi connectivity index (χ0n) is 18.2. The van der Waals surface area contributed by atoms with E-state index in [0.717, 1.165) is 16.7 Å². The number of aliphatic hydroxyl groups excluding tert-OH is 1. The number of fused-ring (bicyclic) bond motifs is 1. The van der Waals surface area contributed by atoms with Gasteiger partial charge in [-0.3, -0.25) is 9.69 Å². The quantitative estimate of drug-likeness (QED) is 0.504. The number of Topliss-reactive ketones (excluding diaryl/α,β-unsaturated/α-hetero) is 1. The van der Waals surface area contributed by atoms with E-state index in [2.05, 4.69) is 24.0 Å². The maximum Gasteiger partial charge on any atom is 0.222 e. The van der Waals surface area contributed by atoms with Gasteiger partial charge in [-0.05, 0) is 41.3 Å². The van der Waals surface area contributed by atoms with Crippen molar-refractivity contribution in [1.29, 1.82) is 0 Å². The number of hydrogen-bond donors (Lipinski definition) is 1. The molecule has 0 spiro atoms. The van der Waals surface area contributed by atoms with Crippen molar-refractivity contribution in [3.8, 4) is 0 Å². The molecule has 1 aliphatic heterocycles. The van der Waals surface area contributed by atoms with Gasteiger partial charge in [-0.25, -0.2) is 4.98 Å². The summed E-state index contributed by atoms with van der Waals surface area (Å²) >= 11 is 13.8. The summed E-state index contributed by atoms with van der Waals surface area (Å²) in [5, 5.41) is 9.46. The van der Waals surface area contributed by atoms with Crippen molar-refractivity contribution in [2.24, 2.45) is 0 Å². The van der Waals surface area contributed by atoms with Gasteiger partial charge in [-0.2, -0.15) is 0 Å². The third-order valence-electron chi connectivity index (χ3n) is 6.62. The summed E-state index contributed by atoms with van der Waals surface area (Å²) in [6, 6.07) is 11.6. The molecule has 3 aromatic rings. The molecule has 7 heteroatoms. The number of aromatic nitrogens is 1.